The Morgan fingerprint density at radius 1 is 1.14 bits per heavy atom. The zero-order valence-corrected chi connectivity index (χ0v) is 14.9. The van der Waals surface area contributed by atoms with Crippen molar-refractivity contribution in [2.45, 2.75) is 31.6 Å². The van der Waals surface area contributed by atoms with Crippen LogP contribution in [0.5, 0.6) is 0 Å². The average Bonchev–Trinajstić information content (AvgIpc) is 2.76. The molecule has 0 saturated heterocycles. The molecule has 0 aliphatic rings. The van der Waals surface area contributed by atoms with Crippen molar-refractivity contribution in [3.05, 3.63) is 0 Å². The number of hydrogen-bond acceptors (Lipinski definition) is 7. The van der Waals surface area contributed by atoms with Gasteiger partial charge in [-0.3, -0.25) is 0 Å². The van der Waals surface area contributed by atoms with E-state index in [0.717, 1.165) is 26.1 Å². The van der Waals surface area contributed by atoms with Crippen molar-refractivity contribution >= 4 is 32.2 Å². The molecule has 0 unspecified atom stereocenters. The SMILES string of the molecule is CCCN(CCN(C)C)c1snc(N)c1S(=O)(=O)CCC. The van der Waals surface area contributed by atoms with Gasteiger partial charge in [0.2, 0.25) is 0 Å². The average molecular weight is 335 g/mol. The first-order valence-corrected chi connectivity index (χ1v) is 9.63. The molecule has 0 bridgehead atoms. The fourth-order valence-electron chi connectivity index (χ4n) is 2.05. The molecule has 1 aromatic rings. The molecule has 0 fully saturated rings. The Morgan fingerprint density at radius 2 is 1.81 bits per heavy atom. The number of sulfone groups is 1. The van der Waals surface area contributed by atoms with Gasteiger partial charge in [0.1, 0.15) is 9.90 Å². The van der Waals surface area contributed by atoms with Crippen molar-refractivity contribution in [1.29, 1.82) is 0 Å². The van der Waals surface area contributed by atoms with Crippen LogP contribution in [0, 0.1) is 0 Å². The van der Waals surface area contributed by atoms with Crippen molar-refractivity contribution in [3.8, 4) is 0 Å². The number of rotatable bonds is 9. The van der Waals surface area contributed by atoms with Crippen LogP contribution in [-0.2, 0) is 9.84 Å². The second-order valence-electron chi connectivity index (χ2n) is 5.31. The molecule has 122 valence electrons. The van der Waals surface area contributed by atoms with E-state index < -0.39 is 9.84 Å². The Labute approximate surface area is 132 Å². The van der Waals surface area contributed by atoms with Gasteiger partial charge in [-0.1, -0.05) is 13.8 Å². The molecule has 1 rings (SSSR count). The number of nitrogen functional groups attached to an aromatic ring is 1. The molecule has 1 heterocycles. The van der Waals surface area contributed by atoms with Gasteiger partial charge in [0.15, 0.2) is 15.7 Å². The van der Waals surface area contributed by atoms with E-state index in [1.807, 2.05) is 21.0 Å². The lowest BCUT2D eigenvalue weighted by Gasteiger charge is -2.25. The number of aromatic nitrogens is 1. The van der Waals surface area contributed by atoms with Crippen molar-refractivity contribution in [1.82, 2.24) is 9.27 Å². The highest BCUT2D eigenvalue weighted by molar-refractivity contribution is 7.91. The summed E-state index contributed by atoms with van der Waals surface area (Å²) < 4.78 is 28.9. The van der Waals surface area contributed by atoms with Crippen LogP contribution < -0.4 is 10.6 Å². The summed E-state index contributed by atoms with van der Waals surface area (Å²) in [6.45, 7) is 6.34. The summed E-state index contributed by atoms with van der Waals surface area (Å²) in [4.78, 5) is 4.38. The van der Waals surface area contributed by atoms with Gasteiger partial charge in [-0.15, -0.1) is 0 Å². The summed E-state index contributed by atoms with van der Waals surface area (Å²) in [5.74, 6) is 0.241. The molecule has 2 N–H and O–H groups in total. The largest absolute Gasteiger partial charge is 0.382 e. The Hall–Kier alpha value is -0.860. The Bertz CT molecular complexity index is 540. The summed E-state index contributed by atoms with van der Waals surface area (Å²) >= 11 is 1.18. The quantitative estimate of drug-likeness (QED) is 0.740. The first-order valence-electron chi connectivity index (χ1n) is 7.21. The molecule has 0 aliphatic heterocycles. The molecule has 0 spiro atoms. The molecule has 0 atom stereocenters. The number of hydrogen-bond donors (Lipinski definition) is 1. The highest BCUT2D eigenvalue weighted by Gasteiger charge is 2.27. The number of nitrogens with two attached hydrogens (primary N) is 1. The lowest BCUT2D eigenvalue weighted by molar-refractivity contribution is 0.413. The maximum absolute atomic E-state index is 12.4. The van der Waals surface area contributed by atoms with Crippen molar-refractivity contribution < 1.29 is 8.42 Å². The summed E-state index contributed by atoms with van der Waals surface area (Å²) in [7, 11) is 0.637. The fourth-order valence-corrected chi connectivity index (χ4v) is 4.87. The van der Waals surface area contributed by atoms with E-state index in [1.54, 1.807) is 0 Å². The molecule has 8 heteroatoms. The van der Waals surface area contributed by atoms with E-state index in [-0.39, 0.29) is 16.5 Å². The van der Waals surface area contributed by atoms with Gasteiger partial charge in [0, 0.05) is 19.6 Å². The minimum Gasteiger partial charge on any atom is -0.382 e. The maximum Gasteiger partial charge on any atom is 0.185 e. The standard InChI is InChI=1S/C13H26N4O2S2/c1-5-7-17(9-8-16(3)4)13-11(12(14)15-20-13)21(18,19)10-6-2/h5-10H2,1-4H3,(H2,14,15). The van der Waals surface area contributed by atoms with Crippen LogP contribution in [0.15, 0.2) is 4.90 Å². The zero-order valence-electron chi connectivity index (χ0n) is 13.3. The van der Waals surface area contributed by atoms with Gasteiger partial charge in [-0.25, -0.2) is 8.42 Å². The van der Waals surface area contributed by atoms with Crippen LogP contribution in [0.25, 0.3) is 0 Å². The van der Waals surface area contributed by atoms with Crippen LogP contribution in [0.1, 0.15) is 26.7 Å². The third kappa shape index (κ3) is 4.82. The van der Waals surface area contributed by atoms with Gasteiger partial charge in [0.25, 0.3) is 0 Å². The van der Waals surface area contributed by atoms with Crippen molar-refractivity contribution in [2.24, 2.45) is 0 Å². The van der Waals surface area contributed by atoms with Crippen LogP contribution >= 0.6 is 11.5 Å². The number of anilines is 2. The summed E-state index contributed by atoms with van der Waals surface area (Å²) in [6, 6.07) is 0. The molecule has 0 aromatic carbocycles. The lowest BCUT2D eigenvalue weighted by atomic mass is 10.4. The van der Waals surface area contributed by atoms with Crippen LogP contribution in [0.2, 0.25) is 0 Å². The molecule has 0 saturated carbocycles. The van der Waals surface area contributed by atoms with Crippen molar-refractivity contribution in [3.63, 3.8) is 0 Å². The summed E-state index contributed by atoms with van der Waals surface area (Å²) in [5.41, 5.74) is 5.83. The van der Waals surface area contributed by atoms with E-state index in [0.29, 0.717) is 11.4 Å². The third-order valence-corrected chi connectivity index (χ3v) is 6.06. The van der Waals surface area contributed by atoms with E-state index in [2.05, 4.69) is 21.1 Å². The highest BCUT2D eigenvalue weighted by atomic mass is 32.2. The second-order valence-corrected chi connectivity index (χ2v) is 8.11. The molecule has 0 amide bonds. The van der Waals surface area contributed by atoms with E-state index in [4.69, 9.17) is 5.73 Å². The van der Waals surface area contributed by atoms with Gasteiger partial charge in [-0.2, -0.15) is 4.37 Å². The predicted octanol–water partition coefficient (Wildman–Crippen LogP) is 1.69. The molecule has 0 aliphatic carbocycles. The van der Waals surface area contributed by atoms with Crippen LogP contribution in [-0.4, -0.2) is 57.2 Å². The van der Waals surface area contributed by atoms with Gasteiger partial charge < -0.3 is 15.5 Å². The molecule has 6 nitrogen and oxygen atoms in total. The molecule has 21 heavy (non-hydrogen) atoms. The molecule has 1 aromatic heterocycles. The first kappa shape index (κ1) is 18.2. The minimum atomic E-state index is -3.36. The zero-order chi connectivity index (χ0) is 16.0. The lowest BCUT2D eigenvalue weighted by Crippen LogP contribution is -2.32. The fraction of sp³-hybridized carbons (Fsp3) is 0.769. The second kappa shape index (κ2) is 7.95. The van der Waals surface area contributed by atoms with E-state index in [9.17, 15) is 8.42 Å². The Kier molecular flexibility index (Phi) is 6.89. The van der Waals surface area contributed by atoms with Gasteiger partial charge >= 0.3 is 0 Å². The number of nitrogens with zero attached hydrogens (tertiary/aromatic N) is 3. The van der Waals surface area contributed by atoms with E-state index in [1.165, 1.54) is 11.5 Å². The topological polar surface area (TPSA) is 79.5 Å². The Balaban J connectivity index is 3.15. The monoisotopic (exact) mass is 334 g/mol. The smallest absolute Gasteiger partial charge is 0.185 e. The summed E-state index contributed by atoms with van der Waals surface area (Å²) in [5, 5.41) is 0.685. The van der Waals surface area contributed by atoms with Crippen LogP contribution in [0.3, 0.4) is 0 Å². The third-order valence-electron chi connectivity index (χ3n) is 3.04. The van der Waals surface area contributed by atoms with Gasteiger partial charge in [-0.05, 0) is 38.5 Å². The summed E-state index contributed by atoms with van der Waals surface area (Å²) in [6.07, 6.45) is 1.51. The van der Waals surface area contributed by atoms with Gasteiger partial charge in [0.05, 0.1) is 5.75 Å². The maximum atomic E-state index is 12.4. The Morgan fingerprint density at radius 3 is 2.33 bits per heavy atom. The molecular weight excluding hydrogens is 308 g/mol. The normalized spacial score (nSPS) is 12.0. The van der Waals surface area contributed by atoms with Crippen LogP contribution in [0.4, 0.5) is 10.8 Å². The van der Waals surface area contributed by atoms with Crippen molar-refractivity contribution in [2.75, 3.05) is 50.1 Å². The first-order chi connectivity index (χ1) is 9.83. The highest BCUT2D eigenvalue weighted by Crippen LogP contribution is 2.35. The predicted molar refractivity (Wildman–Crippen MR) is 89.9 cm³/mol. The minimum absolute atomic E-state index is 0.107. The molecular formula is C13H26N4O2S2. The molecule has 0 radical (unpaired) electrons. The van der Waals surface area contributed by atoms with E-state index >= 15 is 0 Å². The number of likely N-dealkylation sites (N-methyl/N-ethyl adjacent to an activating group) is 1.